The maximum Gasteiger partial charge on any atom is 0.272 e. The Morgan fingerprint density at radius 3 is 2.67 bits per heavy atom. The number of anilines is 2. The van der Waals surface area contributed by atoms with E-state index in [4.69, 9.17) is 0 Å². The lowest BCUT2D eigenvalue weighted by Gasteiger charge is -2.18. The molecule has 0 aliphatic rings. The summed E-state index contributed by atoms with van der Waals surface area (Å²) < 4.78 is 15.2. The average Bonchev–Trinajstić information content (AvgIpc) is 3.03. The SMILES string of the molecule is Cc1nnc(Nc2cccc3c(=O)[nH]ncc23)n1C(C)c1ccc(F)cc1. The minimum absolute atomic E-state index is 0.111. The van der Waals surface area contributed by atoms with Crippen molar-refractivity contribution in [3.05, 3.63) is 76.2 Å². The van der Waals surface area contributed by atoms with Crippen molar-refractivity contribution >= 4 is 22.4 Å². The summed E-state index contributed by atoms with van der Waals surface area (Å²) in [6, 6.07) is 11.6. The zero-order valence-corrected chi connectivity index (χ0v) is 14.8. The molecule has 2 aromatic carbocycles. The number of halogens is 1. The lowest BCUT2D eigenvalue weighted by molar-refractivity contribution is 0.610. The van der Waals surface area contributed by atoms with E-state index in [0.29, 0.717) is 28.2 Å². The normalized spacial score (nSPS) is 12.3. The molecule has 2 heterocycles. The molecule has 8 heteroatoms. The van der Waals surface area contributed by atoms with Crippen LogP contribution in [0.5, 0.6) is 0 Å². The number of aryl methyl sites for hydroxylation is 1. The van der Waals surface area contributed by atoms with E-state index in [1.54, 1.807) is 30.5 Å². The number of H-pyrrole nitrogens is 1. The highest BCUT2D eigenvalue weighted by molar-refractivity contribution is 5.93. The van der Waals surface area contributed by atoms with Gasteiger partial charge in [0.2, 0.25) is 5.95 Å². The fraction of sp³-hybridized carbons (Fsp3) is 0.158. The highest BCUT2D eigenvalue weighted by Crippen LogP contribution is 2.27. The van der Waals surface area contributed by atoms with Crippen molar-refractivity contribution in [1.29, 1.82) is 0 Å². The summed E-state index contributed by atoms with van der Waals surface area (Å²) in [5.41, 5.74) is 1.37. The van der Waals surface area contributed by atoms with E-state index < -0.39 is 0 Å². The van der Waals surface area contributed by atoms with Crippen LogP contribution in [0.3, 0.4) is 0 Å². The van der Waals surface area contributed by atoms with Crippen LogP contribution in [-0.4, -0.2) is 25.0 Å². The number of benzene rings is 2. The number of rotatable bonds is 4. The van der Waals surface area contributed by atoms with Gasteiger partial charge < -0.3 is 5.32 Å². The topological polar surface area (TPSA) is 88.5 Å². The van der Waals surface area contributed by atoms with Crippen LogP contribution in [0.1, 0.15) is 24.4 Å². The van der Waals surface area contributed by atoms with Gasteiger partial charge in [0, 0.05) is 5.39 Å². The quantitative estimate of drug-likeness (QED) is 0.580. The molecule has 4 aromatic rings. The molecule has 27 heavy (non-hydrogen) atoms. The van der Waals surface area contributed by atoms with Crippen molar-refractivity contribution in [2.75, 3.05) is 5.32 Å². The fourth-order valence-electron chi connectivity index (χ4n) is 3.16. The van der Waals surface area contributed by atoms with Crippen LogP contribution in [0.15, 0.2) is 53.5 Å². The summed E-state index contributed by atoms with van der Waals surface area (Å²) in [4.78, 5) is 12.0. The number of hydrogen-bond acceptors (Lipinski definition) is 5. The van der Waals surface area contributed by atoms with Gasteiger partial charge in [-0.15, -0.1) is 10.2 Å². The zero-order valence-electron chi connectivity index (χ0n) is 14.8. The second-order valence-corrected chi connectivity index (χ2v) is 6.26. The number of nitrogens with one attached hydrogen (secondary N) is 2. The Kier molecular flexibility index (Phi) is 4.15. The number of aromatic amines is 1. The Hall–Kier alpha value is -3.55. The summed E-state index contributed by atoms with van der Waals surface area (Å²) in [5, 5.41) is 19.2. The Balaban J connectivity index is 1.76. The molecule has 0 fully saturated rings. The molecule has 0 amide bonds. The van der Waals surface area contributed by atoms with Gasteiger partial charge in [-0.3, -0.25) is 9.36 Å². The van der Waals surface area contributed by atoms with Crippen LogP contribution >= 0.6 is 0 Å². The summed E-state index contributed by atoms with van der Waals surface area (Å²) in [6.07, 6.45) is 1.59. The third-order valence-electron chi connectivity index (χ3n) is 4.56. The number of hydrogen-bond donors (Lipinski definition) is 2. The molecular weight excluding hydrogens is 347 g/mol. The van der Waals surface area contributed by atoms with Gasteiger partial charge in [0.15, 0.2) is 0 Å². The van der Waals surface area contributed by atoms with Crippen molar-refractivity contribution in [1.82, 2.24) is 25.0 Å². The van der Waals surface area contributed by atoms with E-state index in [9.17, 15) is 9.18 Å². The van der Waals surface area contributed by atoms with Gasteiger partial charge in [0.25, 0.3) is 5.56 Å². The first kappa shape index (κ1) is 16.9. The van der Waals surface area contributed by atoms with Gasteiger partial charge in [0.1, 0.15) is 11.6 Å². The van der Waals surface area contributed by atoms with E-state index in [2.05, 4.69) is 25.7 Å². The molecule has 0 spiro atoms. The second kappa shape index (κ2) is 6.64. The summed E-state index contributed by atoms with van der Waals surface area (Å²) >= 11 is 0. The molecule has 0 aliphatic heterocycles. The molecule has 2 aromatic heterocycles. The maximum absolute atomic E-state index is 13.2. The molecule has 0 saturated heterocycles. The lowest BCUT2D eigenvalue weighted by Crippen LogP contribution is -2.13. The number of fused-ring (bicyclic) bond motifs is 1. The largest absolute Gasteiger partial charge is 0.324 e. The molecule has 0 aliphatic carbocycles. The van der Waals surface area contributed by atoms with Gasteiger partial charge in [-0.2, -0.15) is 5.10 Å². The number of nitrogens with zero attached hydrogens (tertiary/aromatic N) is 4. The van der Waals surface area contributed by atoms with E-state index in [1.807, 2.05) is 24.5 Å². The van der Waals surface area contributed by atoms with Crippen LogP contribution in [0, 0.1) is 12.7 Å². The van der Waals surface area contributed by atoms with E-state index in [-0.39, 0.29) is 17.4 Å². The van der Waals surface area contributed by atoms with Gasteiger partial charge in [-0.25, -0.2) is 9.49 Å². The Morgan fingerprint density at radius 1 is 1.11 bits per heavy atom. The highest BCUT2D eigenvalue weighted by Gasteiger charge is 2.17. The van der Waals surface area contributed by atoms with Gasteiger partial charge >= 0.3 is 0 Å². The van der Waals surface area contributed by atoms with Crippen LogP contribution in [0.25, 0.3) is 10.8 Å². The molecule has 0 saturated carbocycles. The summed E-state index contributed by atoms with van der Waals surface area (Å²) in [7, 11) is 0. The van der Waals surface area contributed by atoms with E-state index in [1.165, 1.54) is 12.1 Å². The van der Waals surface area contributed by atoms with E-state index >= 15 is 0 Å². The van der Waals surface area contributed by atoms with E-state index in [0.717, 1.165) is 5.56 Å². The fourth-order valence-corrected chi connectivity index (χ4v) is 3.16. The zero-order chi connectivity index (χ0) is 19.0. The summed E-state index contributed by atoms with van der Waals surface area (Å²) in [5.74, 6) is 0.959. The molecule has 0 radical (unpaired) electrons. The first-order valence-electron chi connectivity index (χ1n) is 8.45. The van der Waals surface area contributed by atoms with Gasteiger partial charge in [0.05, 0.1) is 23.3 Å². The Bertz CT molecular complexity index is 1170. The summed E-state index contributed by atoms with van der Waals surface area (Å²) in [6.45, 7) is 3.84. The monoisotopic (exact) mass is 364 g/mol. The van der Waals surface area contributed by atoms with Crippen molar-refractivity contribution < 1.29 is 4.39 Å². The maximum atomic E-state index is 13.2. The molecule has 136 valence electrons. The Labute approximate surface area is 153 Å². The minimum Gasteiger partial charge on any atom is -0.324 e. The second-order valence-electron chi connectivity index (χ2n) is 6.26. The van der Waals surface area contributed by atoms with Crippen molar-refractivity contribution in [2.24, 2.45) is 0 Å². The Morgan fingerprint density at radius 2 is 1.89 bits per heavy atom. The minimum atomic E-state index is -0.279. The highest BCUT2D eigenvalue weighted by atomic mass is 19.1. The van der Waals surface area contributed by atoms with Crippen LogP contribution < -0.4 is 10.9 Å². The molecule has 0 bridgehead atoms. The predicted octanol–water partition coefficient (Wildman–Crippen LogP) is 3.32. The van der Waals surface area contributed by atoms with Crippen LogP contribution in [0.4, 0.5) is 16.0 Å². The molecule has 4 rings (SSSR count). The van der Waals surface area contributed by atoms with Gasteiger partial charge in [-0.05, 0) is 43.7 Å². The molecule has 1 atom stereocenters. The molecular formula is C19H17FN6O. The average molecular weight is 364 g/mol. The van der Waals surface area contributed by atoms with Crippen LogP contribution in [-0.2, 0) is 0 Å². The molecule has 7 nitrogen and oxygen atoms in total. The first-order chi connectivity index (χ1) is 13.0. The third-order valence-corrected chi connectivity index (χ3v) is 4.56. The number of aromatic nitrogens is 5. The third kappa shape index (κ3) is 3.05. The molecule has 1 unspecified atom stereocenters. The van der Waals surface area contributed by atoms with Crippen molar-refractivity contribution in [2.45, 2.75) is 19.9 Å². The van der Waals surface area contributed by atoms with Gasteiger partial charge in [-0.1, -0.05) is 18.2 Å². The van der Waals surface area contributed by atoms with Crippen molar-refractivity contribution in [3.8, 4) is 0 Å². The smallest absolute Gasteiger partial charge is 0.272 e. The van der Waals surface area contributed by atoms with Crippen molar-refractivity contribution in [3.63, 3.8) is 0 Å². The lowest BCUT2D eigenvalue weighted by atomic mass is 10.1. The predicted molar refractivity (Wildman–Crippen MR) is 101 cm³/mol. The molecule has 2 N–H and O–H groups in total. The standard InChI is InChI=1S/C19H17FN6O/c1-11(13-6-8-14(20)9-7-13)26-12(2)23-25-19(26)22-17-5-3-4-15-16(17)10-21-24-18(15)27/h3-11H,1-2H3,(H,22,25)(H,24,27). The van der Waals surface area contributed by atoms with Crippen LogP contribution in [0.2, 0.25) is 0 Å². The first-order valence-corrected chi connectivity index (χ1v) is 8.45.